The Morgan fingerprint density at radius 1 is 1.18 bits per heavy atom. The third-order valence-corrected chi connectivity index (χ3v) is 3.55. The van der Waals surface area contributed by atoms with Crippen LogP contribution in [0.5, 0.6) is 5.75 Å². The molecule has 1 aliphatic heterocycles. The summed E-state index contributed by atoms with van der Waals surface area (Å²) in [7, 11) is 1.53. The van der Waals surface area contributed by atoms with E-state index in [1.165, 1.54) is 7.11 Å². The fourth-order valence-electron chi connectivity index (χ4n) is 2.44. The predicted octanol–water partition coefficient (Wildman–Crippen LogP) is 2.42. The number of methoxy groups -OCH3 is 1. The van der Waals surface area contributed by atoms with E-state index in [4.69, 9.17) is 9.47 Å². The Balaban J connectivity index is 1.78. The van der Waals surface area contributed by atoms with E-state index in [9.17, 15) is 9.59 Å². The van der Waals surface area contributed by atoms with E-state index in [-0.39, 0.29) is 5.91 Å². The molecule has 0 saturated carbocycles. The summed E-state index contributed by atoms with van der Waals surface area (Å²) in [6.45, 7) is 0. The molecule has 22 heavy (non-hydrogen) atoms. The Hall–Kier alpha value is -2.82. The van der Waals surface area contributed by atoms with Crippen molar-refractivity contribution < 1.29 is 19.1 Å². The first-order valence-corrected chi connectivity index (χ1v) is 6.92. The van der Waals surface area contributed by atoms with Gasteiger partial charge in [-0.05, 0) is 23.8 Å². The van der Waals surface area contributed by atoms with Crippen LogP contribution < -0.4 is 10.1 Å². The van der Waals surface area contributed by atoms with Crippen LogP contribution in [0.4, 0.5) is 5.69 Å². The first-order valence-electron chi connectivity index (χ1n) is 6.92. The number of hydrogen-bond donors (Lipinski definition) is 1. The monoisotopic (exact) mass is 297 g/mol. The number of amides is 1. The summed E-state index contributed by atoms with van der Waals surface area (Å²) in [5, 5.41) is 2.74. The van der Waals surface area contributed by atoms with Gasteiger partial charge in [0.2, 0.25) is 0 Å². The molecule has 0 aliphatic carbocycles. The SMILES string of the molecule is COc1ccccc1NC(=O)[C@@H]1Cc2ccccc2C(=O)O1. The summed E-state index contributed by atoms with van der Waals surface area (Å²) >= 11 is 0. The minimum atomic E-state index is -0.840. The second kappa shape index (κ2) is 5.89. The van der Waals surface area contributed by atoms with Crippen molar-refractivity contribution in [3.63, 3.8) is 0 Å². The van der Waals surface area contributed by atoms with E-state index in [1.807, 2.05) is 18.2 Å². The number of benzene rings is 2. The predicted molar refractivity (Wildman–Crippen MR) is 81.0 cm³/mol. The van der Waals surface area contributed by atoms with Crippen molar-refractivity contribution >= 4 is 17.6 Å². The Labute approximate surface area is 127 Å². The highest BCUT2D eigenvalue weighted by molar-refractivity contribution is 6.00. The highest BCUT2D eigenvalue weighted by Crippen LogP contribution is 2.25. The third kappa shape index (κ3) is 2.65. The number of rotatable bonds is 3. The molecule has 0 saturated heterocycles. The van der Waals surface area contributed by atoms with Crippen LogP contribution in [-0.2, 0) is 16.0 Å². The maximum absolute atomic E-state index is 12.3. The highest BCUT2D eigenvalue weighted by Gasteiger charge is 2.31. The number of hydrogen-bond acceptors (Lipinski definition) is 4. The minimum absolute atomic E-state index is 0.364. The molecule has 0 bridgehead atoms. The quantitative estimate of drug-likeness (QED) is 0.884. The van der Waals surface area contributed by atoms with E-state index >= 15 is 0 Å². The standard InChI is InChI=1S/C17H15NO4/c1-21-14-9-5-4-8-13(14)18-16(19)15-10-11-6-2-3-7-12(11)17(20)22-15/h2-9,15H,10H2,1H3,(H,18,19)/t15-/m0/s1. The molecule has 5 nitrogen and oxygen atoms in total. The highest BCUT2D eigenvalue weighted by atomic mass is 16.5. The molecule has 0 fully saturated rings. The molecule has 112 valence electrons. The Morgan fingerprint density at radius 2 is 1.91 bits per heavy atom. The van der Waals surface area contributed by atoms with Gasteiger partial charge in [-0.1, -0.05) is 30.3 Å². The summed E-state index contributed by atoms with van der Waals surface area (Å²) in [6, 6.07) is 14.2. The summed E-state index contributed by atoms with van der Waals surface area (Å²) < 4.78 is 10.4. The van der Waals surface area contributed by atoms with E-state index < -0.39 is 12.1 Å². The lowest BCUT2D eigenvalue weighted by atomic mass is 9.98. The van der Waals surface area contributed by atoms with E-state index in [2.05, 4.69) is 5.32 Å². The van der Waals surface area contributed by atoms with Crippen LogP contribution in [0, 0.1) is 0 Å². The van der Waals surface area contributed by atoms with Crippen molar-refractivity contribution in [1.29, 1.82) is 0 Å². The zero-order valence-corrected chi connectivity index (χ0v) is 12.0. The molecule has 1 atom stereocenters. The first-order chi connectivity index (χ1) is 10.7. The third-order valence-electron chi connectivity index (χ3n) is 3.55. The zero-order chi connectivity index (χ0) is 15.5. The van der Waals surface area contributed by atoms with Gasteiger partial charge in [0.25, 0.3) is 5.91 Å². The lowest BCUT2D eigenvalue weighted by Crippen LogP contribution is -2.38. The molecule has 0 radical (unpaired) electrons. The van der Waals surface area contributed by atoms with Gasteiger partial charge in [-0.15, -0.1) is 0 Å². The topological polar surface area (TPSA) is 64.6 Å². The van der Waals surface area contributed by atoms with Crippen LogP contribution in [0.25, 0.3) is 0 Å². The van der Waals surface area contributed by atoms with Crippen LogP contribution in [-0.4, -0.2) is 25.1 Å². The van der Waals surface area contributed by atoms with Gasteiger partial charge < -0.3 is 14.8 Å². The molecule has 1 aliphatic rings. The Bertz CT molecular complexity index is 726. The number of fused-ring (bicyclic) bond motifs is 1. The van der Waals surface area contributed by atoms with Crippen LogP contribution in [0.15, 0.2) is 48.5 Å². The fourth-order valence-corrected chi connectivity index (χ4v) is 2.44. The van der Waals surface area contributed by atoms with Crippen LogP contribution >= 0.6 is 0 Å². The second-order valence-electron chi connectivity index (χ2n) is 4.94. The van der Waals surface area contributed by atoms with Gasteiger partial charge in [-0.2, -0.15) is 0 Å². The smallest absolute Gasteiger partial charge is 0.339 e. The second-order valence-corrected chi connectivity index (χ2v) is 4.94. The first kappa shape index (κ1) is 14.1. The van der Waals surface area contributed by atoms with Crippen LogP contribution in [0.2, 0.25) is 0 Å². The maximum atomic E-state index is 12.3. The van der Waals surface area contributed by atoms with Gasteiger partial charge in [0.05, 0.1) is 18.4 Å². The minimum Gasteiger partial charge on any atom is -0.495 e. The summed E-state index contributed by atoms with van der Waals surface area (Å²) in [5.41, 5.74) is 1.88. The Kier molecular flexibility index (Phi) is 3.78. The molecular formula is C17H15NO4. The molecule has 0 spiro atoms. The Morgan fingerprint density at radius 3 is 2.73 bits per heavy atom. The largest absolute Gasteiger partial charge is 0.495 e. The summed E-state index contributed by atoms with van der Waals surface area (Å²) in [6.07, 6.45) is -0.476. The molecule has 2 aromatic carbocycles. The average molecular weight is 297 g/mol. The lowest BCUT2D eigenvalue weighted by molar-refractivity contribution is -0.125. The van der Waals surface area contributed by atoms with Gasteiger partial charge in [-0.3, -0.25) is 4.79 Å². The number of para-hydroxylation sites is 2. The van der Waals surface area contributed by atoms with Gasteiger partial charge >= 0.3 is 5.97 Å². The number of cyclic esters (lactones) is 1. The molecule has 1 heterocycles. The van der Waals surface area contributed by atoms with Crippen molar-refractivity contribution in [3.05, 3.63) is 59.7 Å². The van der Waals surface area contributed by atoms with Crippen molar-refractivity contribution in [1.82, 2.24) is 0 Å². The van der Waals surface area contributed by atoms with Gasteiger partial charge in [0, 0.05) is 6.42 Å². The van der Waals surface area contributed by atoms with E-state index in [0.29, 0.717) is 23.4 Å². The zero-order valence-electron chi connectivity index (χ0n) is 12.0. The molecule has 1 amide bonds. The van der Waals surface area contributed by atoms with Crippen molar-refractivity contribution in [2.75, 3.05) is 12.4 Å². The van der Waals surface area contributed by atoms with Crippen LogP contribution in [0.3, 0.4) is 0 Å². The normalized spacial score (nSPS) is 16.4. The van der Waals surface area contributed by atoms with Crippen molar-refractivity contribution in [3.8, 4) is 5.75 Å². The molecule has 5 heteroatoms. The van der Waals surface area contributed by atoms with E-state index in [0.717, 1.165) is 5.56 Å². The molecule has 1 N–H and O–H groups in total. The number of anilines is 1. The number of esters is 1. The summed E-state index contributed by atoms with van der Waals surface area (Å²) in [5.74, 6) is -0.284. The summed E-state index contributed by atoms with van der Waals surface area (Å²) in [4.78, 5) is 24.3. The molecule has 0 aromatic heterocycles. The van der Waals surface area contributed by atoms with Crippen LogP contribution in [0.1, 0.15) is 15.9 Å². The lowest BCUT2D eigenvalue weighted by Gasteiger charge is -2.24. The molecular weight excluding hydrogens is 282 g/mol. The van der Waals surface area contributed by atoms with E-state index in [1.54, 1.807) is 30.3 Å². The van der Waals surface area contributed by atoms with Crippen molar-refractivity contribution in [2.45, 2.75) is 12.5 Å². The molecule has 2 aromatic rings. The fraction of sp³-hybridized carbons (Fsp3) is 0.176. The number of ether oxygens (including phenoxy) is 2. The number of carbonyl (C=O) groups is 2. The molecule has 0 unspecified atom stereocenters. The number of nitrogens with one attached hydrogen (secondary N) is 1. The van der Waals surface area contributed by atoms with Gasteiger partial charge in [0.1, 0.15) is 5.75 Å². The molecule has 3 rings (SSSR count). The van der Waals surface area contributed by atoms with Gasteiger partial charge in [0.15, 0.2) is 6.10 Å². The number of carbonyl (C=O) groups excluding carboxylic acids is 2. The maximum Gasteiger partial charge on any atom is 0.339 e. The van der Waals surface area contributed by atoms with Gasteiger partial charge in [-0.25, -0.2) is 4.79 Å². The van der Waals surface area contributed by atoms with Crippen molar-refractivity contribution in [2.24, 2.45) is 0 Å². The average Bonchev–Trinajstić information content (AvgIpc) is 2.55.